The molecule has 0 aliphatic carbocycles. The highest BCUT2D eigenvalue weighted by Gasteiger charge is 2.29. The molecule has 166 valence electrons. The molecule has 0 unspecified atom stereocenters. The van der Waals surface area contributed by atoms with Crippen LogP contribution in [0.1, 0.15) is 29.5 Å². The third kappa shape index (κ3) is 6.27. The number of carbonyl (C=O) groups is 1. The molecule has 3 aromatic carbocycles. The lowest BCUT2D eigenvalue weighted by atomic mass is 9.97. The van der Waals surface area contributed by atoms with E-state index < -0.39 is 0 Å². The Morgan fingerprint density at radius 2 is 1.28 bits per heavy atom. The fraction of sp³-hybridized carbons (Fsp3) is 0.321. The molecule has 0 bridgehead atoms. The largest absolute Gasteiger partial charge is 0.337 e. The number of nitrogens with zero attached hydrogens (tertiary/aromatic N) is 2. The van der Waals surface area contributed by atoms with Crippen LogP contribution >= 0.6 is 0 Å². The van der Waals surface area contributed by atoms with Gasteiger partial charge in [0.15, 0.2) is 0 Å². The van der Waals surface area contributed by atoms with E-state index >= 15 is 0 Å². The van der Waals surface area contributed by atoms with E-state index in [0.717, 1.165) is 44.3 Å². The first-order valence-electron chi connectivity index (χ1n) is 11.5. The number of aryl methyl sites for hydroxylation is 2. The maximum atomic E-state index is 13.2. The Labute approximate surface area is 190 Å². The number of piperazine rings is 1. The first-order valence-corrected chi connectivity index (χ1v) is 11.5. The summed E-state index contributed by atoms with van der Waals surface area (Å²) in [6.07, 6.45) is 3.90. The van der Waals surface area contributed by atoms with Gasteiger partial charge in [-0.15, -0.1) is 0 Å². The van der Waals surface area contributed by atoms with Gasteiger partial charge in [-0.3, -0.25) is 9.69 Å². The van der Waals surface area contributed by atoms with E-state index in [1.165, 1.54) is 23.3 Å². The van der Waals surface area contributed by atoms with E-state index in [1.54, 1.807) is 12.1 Å². The Bertz CT molecular complexity index is 932. The monoisotopic (exact) mass is 430 g/mol. The first kappa shape index (κ1) is 22.2. The average Bonchev–Trinajstić information content (AvgIpc) is 2.83. The van der Waals surface area contributed by atoms with Gasteiger partial charge in [0, 0.05) is 25.7 Å². The molecule has 1 saturated heterocycles. The first-order chi connectivity index (χ1) is 15.7. The zero-order chi connectivity index (χ0) is 22.2. The molecule has 1 aliphatic heterocycles. The van der Waals surface area contributed by atoms with Crippen molar-refractivity contribution >= 4 is 5.91 Å². The minimum atomic E-state index is -0.227. The molecule has 3 aromatic rings. The fourth-order valence-electron chi connectivity index (χ4n) is 4.52. The highest BCUT2D eigenvalue weighted by Crippen LogP contribution is 2.20. The molecule has 1 amide bonds. The minimum absolute atomic E-state index is 0.199. The van der Waals surface area contributed by atoms with Crippen molar-refractivity contribution in [3.63, 3.8) is 0 Å². The van der Waals surface area contributed by atoms with Crippen molar-refractivity contribution in [2.45, 2.75) is 38.3 Å². The highest BCUT2D eigenvalue weighted by atomic mass is 19.1. The lowest BCUT2D eigenvalue weighted by molar-refractivity contribution is -0.139. The van der Waals surface area contributed by atoms with Crippen LogP contribution in [0, 0.1) is 5.82 Å². The van der Waals surface area contributed by atoms with Gasteiger partial charge in [-0.05, 0) is 54.5 Å². The van der Waals surface area contributed by atoms with Crippen LogP contribution < -0.4 is 0 Å². The summed E-state index contributed by atoms with van der Waals surface area (Å²) in [5.41, 5.74) is 3.68. The molecule has 1 aliphatic rings. The maximum Gasteiger partial charge on any atom is 0.237 e. The molecule has 0 N–H and O–H groups in total. The predicted molar refractivity (Wildman–Crippen MR) is 127 cm³/mol. The van der Waals surface area contributed by atoms with Gasteiger partial charge < -0.3 is 4.90 Å². The van der Waals surface area contributed by atoms with Crippen molar-refractivity contribution in [3.8, 4) is 0 Å². The van der Waals surface area contributed by atoms with Crippen LogP contribution in [0.2, 0.25) is 0 Å². The molecule has 3 nitrogen and oxygen atoms in total. The number of hydrogen-bond donors (Lipinski definition) is 0. The fourth-order valence-corrected chi connectivity index (χ4v) is 4.52. The van der Waals surface area contributed by atoms with Gasteiger partial charge in [-0.25, -0.2) is 4.39 Å². The Balaban J connectivity index is 1.38. The number of rotatable bonds is 9. The molecule has 0 aromatic heterocycles. The number of benzene rings is 3. The number of halogens is 1. The standard InChI is InChI=1S/C28H31FN2O/c29-26-15-11-25(12-16-26)21-30-19-20-31(28(32)22-30)27(17-13-23-7-3-1-4-8-23)18-14-24-9-5-2-6-10-24/h1-12,15-16,27H,13-14,17-22H2. The van der Waals surface area contributed by atoms with Crippen LogP contribution in [-0.2, 0) is 24.2 Å². The SMILES string of the molecule is O=C1CN(Cc2ccc(F)cc2)CCN1C(CCc1ccccc1)CCc1ccccc1. The van der Waals surface area contributed by atoms with Crippen LogP contribution in [-0.4, -0.2) is 41.4 Å². The molecule has 0 saturated carbocycles. The second kappa shape index (κ2) is 11.1. The third-order valence-corrected chi connectivity index (χ3v) is 6.31. The van der Waals surface area contributed by atoms with Crippen molar-refractivity contribution in [3.05, 3.63) is 107 Å². The summed E-state index contributed by atoms with van der Waals surface area (Å²) in [5.74, 6) is -0.0289. The van der Waals surface area contributed by atoms with E-state index in [0.29, 0.717) is 13.1 Å². The van der Waals surface area contributed by atoms with Crippen LogP contribution in [0.5, 0.6) is 0 Å². The number of amides is 1. The van der Waals surface area contributed by atoms with Gasteiger partial charge in [0.05, 0.1) is 6.54 Å². The molecule has 4 heteroatoms. The topological polar surface area (TPSA) is 23.6 Å². The zero-order valence-electron chi connectivity index (χ0n) is 18.5. The van der Waals surface area contributed by atoms with Crippen molar-refractivity contribution in [1.29, 1.82) is 0 Å². The van der Waals surface area contributed by atoms with Gasteiger partial charge in [0.2, 0.25) is 5.91 Å². The van der Waals surface area contributed by atoms with E-state index in [2.05, 4.69) is 58.3 Å². The Hall–Kier alpha value is -2.98. The third-order valence-electron chi connectivity index (χ3n) is 6.31. The molecule has 1 fully saturated rings. The normalized spacial score (nSPS) is 14.8. The summed E-state index contributed by atoms with van der Waals surface area (Å²) in [7, 11) is 0. The maximum absolute atomic E-state index is 13.2. The molecule has 4 rings (SSSR count). The van der Waals surface area contributed by atoms with E-state index in [1.807, 2.05) is 12.1 Å². The van der Waals surface area contributed by atoms with E-state index in [9.17, 15) is 9.18 Å². The van der Waals surface area contributed by atoms with Gasteiger partial charge >= 0.3 is 0 Å². The van der Waals surface area contributed by atoms with Crippen LogP contribution in [0.3, 0.4) is 0 Å². The van der Waals surface area contributed by atoms with Gasteiger partial charge in [-0.2, -0.15) is 0 Å². The average molecular weight is 431 g/mol. The van der Waals surface area contributed by atoms with Crippen LogP contribution in [0.25, 0.3) is 0 Å². The van der Waals surface area contributed by atoms with Crippen molar-refractivity contribution in [2.24, 2.45) is 0 Å². The molecule has 0 spiro atoms. The lowest BCUT2D eigenvalue weighted by Crippen LogP contribution is -2.53. The second-order valence-corrected chi connectivity index (χ2v) is 8.63. The summed E-state index contributed by atoms with van der Waals surface area (Å²) in [6.45, 7) is 2.69. The lowest BCUT2D eigenvalue weighted by Gasteiger charge is -2.39. The molecule has 0 radical (unpaired) electrons. The number of carbonyl (C=O) groups excluding carboxylic acids is 1. The van der Waals surface area contributed by atoms with E-state index in [-0.39, 0.29) is 17.8 Å². The number of hydrogen-bond acceptors (Lipinski definition) is 2. The Morgan fingerprint density at radius 3 is 1.81 bits per heavy atom. The van der Waals surface area contributed by atoms with Crippen molar-refractivity contribution in [1.82, 2.24) is 9.80 Å². The molecular weight excluding hydrogens is 399 g/mol. The molecule has 0 atom stereocenters. The quantitative estimate of drug-likeness (QED) is 0.471. The minimum Gasteiger partial charge on any atom is -0.337 e. The molecule has 1 heterocycles. The summed E-state index contributed by atoms with van der Waals surface area (Å²) < 4.78 is 13.2. The zero-order valence-corrected chi connectivity index (χ0v) is 18.5. The highest BCUT2D eigenvalue weighted by molar-refractivity contribution is 5.79. The van der Waals surface area contributed by atoms with E-state index in [4.69, 9.17) is 0 Å². The van der Waals surface area contributed by atoms with Crippen LogP contribution in [0.15, 0.2) is 84.9 Å². The van der Waals surface area contributed by atoms with Crippen molar-refractivity contribution in [2.75, 3.05) is 19.6 Å². The Kier molecular flexibility index (Phi) is 7.68. The predicted octanol–water partition coefficient (Wildman–Crippen LogP) is 5.10. The summed E-state index contributed by atoms with van der Waals surface area (Å²) in [4.78, 5) is 17.4. The van der Waals surface area contributed by atoms with Gasteiger partial charge in [-0.1, -0.05) is 72.8 Å². The molecule has 32 heavy (non-hydrogen) atoms. The van der Waals surface area contributed by atoms with Crippen molar-refractivity contribution < 1.29 is 9.18 Å². The van der Waals surface area contributed by atoms with Gasteiger partial charge in [0.1, 0.15) is 5.82 Å². The Morgan fingerprint density at radius 1 is 0.719 bits per heavy atom. The summed E-state index contributed by atoms with van der Waals surface area (Å²) >= 11 is 0. The second-order valence-electron chi connectivity index (χ2n) is 8.63. The smallest absolute Gasteiger partial charge is 0.237 e. The summed E-state index contributed by atoms with van der Waals surface area (Å²) in [6, 6.07) is 27.8. The van der Waals surface area contributed by atoms with Crippen LogP contribution in [0.4, 0.5) is 4.39 Å². The van der Waals surface area contributed by atoms with Gasteiger partial charge in [0.25, 0.3) is 0 Å². The molecular formula is C28H31FN2O. The summed E-state index contributed by atoms with van der Waals surface area (Å²) in [5, 5.41) is 0.